The van der Waals surface area contributed by atoms with Crippen molar-refractivity contribution >= 4 is 5.97 Å². The minimum absolute atomic E-state index is 0.0167. The topological polar surface area (TPSA) is 70.0 Å². The Labute approximate surface area is 111 Å². The Bertz CT molecular complexity index is 502. The number of benzene rings is 1. The van der Waals surface area contributed by atoms with E-state index in [1.54, 1.807) is 12.1 Å². The molecule has 2 atom stereocenters. The monoisotopic (exact) mass is 263 g/mol. The van der Waals surface area contributed by atoms with E-state index in [9.17, 15) is 15.0 Å². The van der Waals surface area contributed by atoms with Crippen molar-refractivity contribution in [3.8, 4) is 11.5 Å². The molecule has 2 N–H and O–H groups in total. The van der Waals surface area contributed by atoms with Gasteiger partial charge in [0.15, 0.2) is 0 Å². The molecule has 2 aliphatic heterocycles. The lowest BCUT2D eigenvalue weighted by Crippen LogP contribution is -2.46. The van der Waals surface area contributed by atoms with Gasteiger partial charge in [-0.1, -0.05) is 6.42 Å². The zero-order valence-electron chi connectivity index (χ0n) is 10.6. The normalized spacial score (nSPS) is 26.7. The quantitative estimate of drug-likeness (QED) is 0.851. The first-order valence-electron chi connectivity index (χ1n) is 6.61. The first-order chi connectivity index (χ1) is 9.16. The molecule has 0 amide bonds. The molecule has 3 rings (SSSR count). The Morgan fingerprint density at radius 3 is 3.00 bits per heavy atom. The summed E-state index contributed by atoms with van der Waals surface area (Å²) in [6.07, 6.45) is 2.68. The maximum Gasteiger partial charge on any atom is 0.320 e. The molecular weight excluding hydrogens is 246 g/mol. The highest BCUT2D eigenvalue weighted by Gasteiger charge is 2.38. The summed E-state index contributed by atoms with van der Waals surface area (Å²) in [5.41, 5.74) is 0.978. The van der Waals surface area contributed by atoms with Gasteiger partial charge in [0.05, 0.1) is 6.04 Å². The highest BCUT2D eigenvalue weighted by atomic mass is 16.5. The van der Waals surface area contributed by atoms with E-state index in [0.29, 0.717) is 18.8 Å². The third kappa shape index (κ3) is 2.14. The predicted molar refractivity (Wildman–Crippen MR) is 68.3 cm³/mol. The number of hydrogen-bond donors (Lipinski definition) is 2. The van der Waals surface area contributed by atoms with Crippen LogP contribution < -0.4 is 4.74 Å². The fraction of sp³-hybridized carbons (Fsp3) is 0.500. The lowest BCUT2D eigenvalue weighted by Gasteiger charge is -2.36. The van der Waals surface area contributed by atoms with E-state index < -0.39 is 12.0 Å². The number of piperidine rings is 1. The van der Waals surface area contributed by atoms with Crippen molar-refractivity contribution in [3.05, 3.63) is 23.8 Å². The Morgan fingerprint density at radius 2 is 2.21 bits per heavy atom. The summed E-state index contributed by atoms with van der Waals surface area (Å²) in [5, 5.41) is 18.8. The molecule has 0 bridgehead atoms. The van der Waals surface area contributed by atoms with Crippen LogP contribution in [0.2, 0.25) is 0 Å². The number of phenolic OH excluding ortho intramolecular Hbond substituents is 1. The summed E-state index contributed by atoms with van der Waals surface area (Å²) in [4.78, 5) is 13.4. The molecule has 5 nitrogen and oxygen atoms in total. The number of hydrogen-bond acceptors (Lipinski definition) is 4. The zero-order chi connectivity index (χ0) is 13.4. The summed E-state index contributed by atoms with van der Waals surface area (Å²) >= 11 is 0. The van der Waals surface area contributed by atoms with Gasteiger partial charge in [-0.3, -0.25) is 9.69 Å². The molecule has 0 radical (unpaired) electrons. The molecule has 0 saturated carbocycles. The van der Waals surface area contributed by atoms with E-state index in [-0.39, 0.29) is 11.8 Å². The van der Waals surface area contributed by atoms with Gasteiger partial charge in [-0.15, -0.1) is 0 Å². The van der Waals surface area contributed by atoms with Crippen LogP contribution in [0.15, 0.2) is 18.2 Å². The van der Waals surface area contributed by atoms with Crippen LogP contribution in [0.4, 0.5) is 0 Å². The fourth-order valence-corrected chi connectivity index (χ4v) is 3.05. The van der Waals surface area contributed by atoms with Gasteiger partial charge in [0.1, 0.15) is 24.1 Å². The van der Waals surface area contributed by atoms with Gasteiger partial charge >= 0.3 is 5.97 Å². The van der Waals surface area contributed by atoms with Crippen molar-refractivity contribution in [2.45, 2.75) is 31.3 Å². The molecule has 5 heteroatoms. The van der Waals surface area contributed by atoms with Gasteiger partial charge in [0, 0.05) is 11.6 Å². The molecule has 2 heterocycles. The van der Waals surface area contributed by atoms with Crippen LogP contribution in [-0.4, -0.2) is 40.3 Å². The first-order valence-corrected chi connectivity index (χ1v) is 6.61. The molecule has 102 valence electrons. The number of carbonyl (C=O) groups is 1. The number of fused-ring (bicyclic) bond motifs is 1. The lowest BCUT2D eigenvalue weighted by molar-refractivity contribution is -0.146. The lowest BCUT2D eigenvalue weighted by atomic mass is 9.97. The van der Waals surface area contributed by atoms with Crippen molar-refractivity contribution in [2.75, 3.05) is 13.2 Å². The van der Waals surface area contributed by atoms with Crippen molar-refractivity contribution in [2.24, 2.45) is 0 Å². The highest BCUT2D eigenvalue weighted by molar-refractivity contribution is 5.73. The molecule has 0 aliphatic carbocycles. The van der Waals surface area contributed by atoms with Crippen LogP contribution in [-0.2, 0) is 4.79 Å². The second kappa shape index (κ2) is 4.74. The summed E-state index contributed by atoms with van der Waals surface area (Å²) < 4.78 is 5.58. The smallest absolute Gasteiger partial charge is 0.320 e. The van der Waals surface area contributed by atoms with E-state index in [2.05, 4.69) is 0 Å². The molecule has 1 fully saturated rings. The van der Waals surface area contributed by atoms with E-state index in [4.69, 9.17) is 4.74 Å². The summed E-state index contributed by atoms with van der Waals surface area (Å²) in [6, 6.07) is 4.60. The number of carboxylic acid groups (broad SMARTS) is 1. The van der Waals surface area contributed by atoms with Crippen molar-refractivity contribution < 1.29 is 19.7 Å². The van der Waals surface area contributed by atoms with Crippen LogP contribution >= 0.6 is 0 Å². The minimum Gasteiger partial charge on any atom is -0.508 e. The third-order valence-corrected chi connectivity index (χ3v) is 3.98. The molecule has 0 spiro atoms. The number of rotatable bonds is 2. The second-order valence-electron chi connectivity index (χ2n) is 5.14. The number of phenols is 1. The van der Waals surface area contributed by atoms with E-state index in [1.807, 2.05) is 11.0 Å². The van der Waals surface area contributed by atoms with E-state index in [0.717, 1.165) is 24.9 Å². The van der Waals surface area contributed by atoms with Crippen LogP contribution in [0.5, 0.6) is 11.5 Å². The SMILES string of the molecule is O=C(O)C1CCCCN1C1COc2cc(O)ccc21. The van der Waals surface area contributed by atoms with Gasteiger partial charge in [-0.25, -0.2) is 0 Å². The molecule has 1 aromatic rings. The van der Waals surface area contributed by atoms with Crippen molar-refractivity contribution in [3.63, 3.8) is 0 Å². The maximum absolute atomic E-state index is 11.4. The number of aliphatic carboxylic acids is 1. The fourth-order valence-electron chi connectivity index (χ4n) is 3.05. The van der Waals surface area contributed by atoms with E-state index in [1.165, 1.54) is 0 Å². The van der Waals surface area contributed by atoms with Crippen LogP contribution in [0.3, 0.4) is 0 Å². The molecule has 1 aromatic carbocycles. The van der Waals surface area contributed by atoms with Gasteiger partial charge in [-0.05, 0) is 31.5 Å². The van der Waals surface area contributed by atoms with E-state index >= 15 is 0 Å². The third-order valence-electron chi connectivity index (χ3n) is 3.98. The average Bonchev–Trinajstić information content (AvgIpc) is 2.81. The summed E-state index contributed by atoms with van der Waals surface area (Å²) in [7, 11) is 0. The van der Waals surface area contributed by atoms with Crippen LogP contribution in [0, 0.1) is 0 Å². The van der Waals surface area contributed by atoms with Gasteiger partial charge < -0.3 is 14.9 Å². The van der Waals surface area contributed by atoms with Crippen molar-refractivity contribution in [1.29, 1.82) is 0 Å². The first kappa shape index (κ1) is 12.3. The molecular formula is C14H17NO4. The van der Waals surface area contributed by atoms with Gasteiger partial charge in [0.25, 0.3) is 0 Å². The Morgan fingerprint density at radius 1 is 1.37 bits per heavy atom. The predicted octanol–water partition coefficient (Wildman–Crippen LogP) is 1.76. The number of carboxylic acids is 1. The van der Waals surface area contributed by atoms with Crippen LogP contribution in [0.25, 0.3) is 0 Å². The molecule has 0 aromatic heterocycles. The zero-order valence-corrected chi connectivity index (χ0v) is 10.6. The molecule has 1 saturated heterocycles. The second-order valence-corrected chi connectivity index (χ2v) is 5.14. The number of ether oxygens (including phenoxy) is 1. The standard InChI is InChI=1S/C14H17NO4/c16-9-4-5-10-12(8-19-13(10)7-9)15-6-2-1-3-11(15)14(17)18/h4-5,7,11-12,16H,1-3,6,8H2,(H,17,18). The molecule has 2 aliphatic rings. The largest absolute Gasteiger partial charge is 0.508 e. The molecule has 2 unspecified atom stereocenters. The maximum atomic E-state index is 11.4. The summed E-state index contributed by atoms with van der Waals surface area (Å²) in [5.74, 6) is 0.0828. The van der Waals surface area contributed by atoms with Crippen molar-refractivity contribution in [1.82, 2.24) is 4.90 Å². The molecule has 19 heavy (non-hydrogen) atoms. The average molecular weight is 263 g/mol. The van der Waals surface area contributed by atoms with Gasteiger partial charge in [0.2, 0.25) is 0 Å². The number of aromatic hydroxyl groups is 1. The Balaban J connectivity index is 1.89. The van der Waals surface area contributed by atoms with Gasteiger partial charge in [-0.2, -0.15) is 0 Å². The number of nitrogens with zero attached hydrogens (tertiary/aromatic N) is 1. The Kier molecular flexibility index (Phi) is 3.06. The Hall–Kier alpha value is -1.75. The van der Waals surface area contributed by atoms with Crippen LogP contribution in [0.1, 0.15) is 30.9 Å². The highest BCUT2D eigenvalue weighted by Crippen LogP contribution is 2.40. The summed E-state index contributed by atoms with van der Waals surface area (Å²) in [6.45, 7) is 1.24. The number of likely N-dealkylation sites (tertiary alicyclic amines) is 1. The minimum atomic E-state index is -0.757.